The highest BCUT2D eigenvalue weighted by molar-refractivity contribution is 8.12. The topological polar surface area (TPSA) is 25.2 Å². The van der Waals surface area contributed by atoms with Gasteiger partial charge < -0.3 is 0 Å². The fourth-order valence-corrected chi connectivity index (χ4v) is 4.16. The molecule has 1 aliphatic rings. The van der Waals surface area contributed by atoms with Crippen molar-refractivity contribution in [2.24, 2.45) is 4.99 Å². The van der Waals surface area contributed by atoms with Gasteiger partial charge in [0.15, 0.2) is 0 Å². The average Bonchev–Trinajstić information content (AvgIpc) is 3.28. The summed E-state index contributed by atoms with van der Waals surface area (Å²) >= 11 is 3.47. The van der Waals surface area contributed by atoms with Crippen LogP contribution in [0.2, 0.25) is 0 Å². The first-order chi connectivity index (χ1) is 11.7. The minimum atomic E-state index is -0.187. The average molecular weight is 353 g/mol. The second kappa shape index (κ2) is 7.77. The standard InChI is InChI=1S/C15H13NS.C5H7NS/c1-3-7-13(8-4-1)15(11-17-12-16-15)14-9-5-2-6-10-14;1-4-5(2)7-3-6-4/h1-10,12H,11H2;3H,1-2H3. The van der Waals surface area contributed by atoms with Crippen LogP contribution in [0.4, 0.5) is 0 Å². The van der Waals surface area contributed by atoms with Crippen LogP contribution in [-0.4, -0.2) is 16.3 Å². The van der Waals surface area contributed by atoms with Crippen LogP contribution in [0, 0.1) is 13.8 Å². The first-order valence-electron chi connectivity index (χ1n) is 7.85. The molecule has 0 fully saturated rings. The number of benzene rings is 2. The predicted octanol–water partition coefficient (Wildman–Crippen LogP) is 5.47. The van der Waals surface area contributed by atoms with Crippen LogP contribution in [0.5, 0.6) is 0 Å². The van der Waals surface area contributed by atoms with E-state index in [4.69, 9.17) is 4.99 Å². The van der Waals surface area contributed by atoms with Gasteiger partial charge in [0.25, 0.3) is 0 Å². The number of hydrogen-bond acceptors (Lipinski definition) is 4. The van der Waals surface area contributed by atoms with Gasteiger partial charge in [0.05, 0.1) is 16.8 Å². The van der Waals surface area contributed by atoms with Gasteiger partial charge in [0.1, 0.15) is 5.54 Å². The Balaban J connectivity index is 0.000000203. The van der Waals surface area contributed by atoms with Crippen molar-refractivity contribution in [3.63, 3.8) is 0 Å². The van der Waals surface area contributed by atoms with Crippen LogP contribution >= 0.6 is 23.1 Å². The first-order valence-corrected chi connectivity index (χ1v) is 9.78. The maximum Gasteiger partial charge on any atom is 0.121 e. The Morgan fingerprint density at radius 1 is 0.875 bits per heavy atom. The number of rotatable bonds is 2. The molecule has 4 heteroatoms. The molecule has 3 aromatic rings. The number of thioether (sulfide) groups is 1. The van der Waals surface area contributed by atoms with Gasteiger partial charge in [-0.05, 0) is 25.0 Å². The van der Waals surface area contributed by atoms with Crippen molar-refractivity contribution in [3.8, 4) is 0 Å². The molecule has 122 valence electrons. The number of nitrogens with zero attached hydrogens (tertiary/aromatic N) is 2. The minimum absolute atomic E-state index is 0.187. The summed E-state index contributed by atoms with van der Waals surface area (Å²) in [6.07, 6.45) is 0. The van der Waals surface area contributed by atoms with Gasteiger partial charge in [0, 0.05) is 10.6 Å². The molecule has 0 aliphatic carbocycles. The zero-order valence-corrected chi connectivity index (χ0v) is 15.5. The Bertz CT molecular complexity index is 739. The normalized spacial score (nSPS) is 14.9. The number of hydrogen-bond donors (Lipinski definition) is 0. The van der Waals surface area contributed by atoms with Crippen LogP contribution in [0.1, 0.15) is 21.7 Å². The molecule has 2 aromatic carbocycles. The van der Waals surface area contributed by atoms with Gasteiger partial charge in [0.2, 0.25) is 0 Å². The van der Waals surface area contributed by atoms with Crippen LogP contribution in [0.25, 0.3) is 0 Å². The molecule has 0 atom stereocenters. The molecule has 0 spiro atoms. The fourth-order valence-electron chi connectivity index (χ4n) is 2.59. The second-order valence-electron chi connectivity index (χ2n) is 5.63. The van der Waals surface area contributed by atoms with Crippen molar-refractivity contribution in [2.75, 3.05) is 5.75 Å². The van der Waals surface area contributed by atoms with Gasteiger partial charge in [-0.2, -0.15) is 0 Å². The van der Waals surface area contributed by atoms with E-state index >= 15 is 0 Å². The molecule has 4 rings (SSSR count). The molecule has 0 bridgehead atoms. The maximum atomic E-state index is 4.75. The summed E-state index contributed by atoms with van der Waals surface area (Å²) in [6.45, 7) is 4.10. The SMILES string of the molecule is C1=NC(c2ccccc2)(c2ccccc2)CS1.Cc1ncsc1C. The van der Waals surface area contributed by atoms with Crippen molar-refractivity contribution in [3.05, 3.63) is 87.9 Å². The van der Waals surface area contributed by atoms with Gasteiger partial charge in [-0.1, -0.05) is 60.7 Å². The van der Waals surface area contributed by atoms with E-state index in [9.17, 15) is 0 Å². The molecule has 2 heterocycles. The highest BCUT2D eigenvalue weighted by Crippen LogP contribution is 2.40. The zero-order chi connectivity index (χ0) is 16.8. The molecular weight excluding hydrogens is 332 g/mol. The second-order valence-corrected chi connectivity index (χ2v) is 7.52. The summed E-state index contributed by atoms with van der Waals surface area (Å²) in [5, 5.41) is 0. The lowest BCUT2D eigenvalue weighted by molar-refractivity contribution is 0.631. The van der Waals surface area contributed by atoms with E-state index in [1.807, 2.05) is 30.1 Å². The highest BCUT2D eigenvalue weighted by atomic mass is 32.2. The number of aliphatic imine (C=N–C) groups is 1. The van der Waals surface area contributed by atoms with E-state index in [0.717, 1.165) is 11.4 Å². The van der Waals surface area contributed by atoms with E-state index in [1.165, 1.54) is 16.0 Å². The quantitative estimate of drug-likeness (QED) is 0.611. The lowest BCUT2D eigenvalue weighted by Gasteiger charge is -2.26. The monoisotopic (exact) mass is 352 g/mol. The smallest absolute Gasteiger partial charge is 0.121 e. The molecule has 2 nitrogen and oxygen atoms in total. The van der Waals surface area contributed by atoms with Crippen molar-refractivity contribution in [2.45, 2.75) is 19.4 Å². The molecule has 0 radical (unpaired) electrons. The predicted molar refractivity (Wildman–Crippen MR) is 106 cm³/mol. The van der Waals surface area contributed by atoms with E-state index in [2.05, 4.69) is 60.4 Å². The Labute approximate surface area is 151 Å². The third-order valence-corrected chi connectivity index (χ3v) is 5.83. The van der Waals surface area contributed by atoms with E-state index in [0.29, 0.717) is 0 Å². The molecular formula is C20H20N2S2. The number of aryl methyl sites for hydroxylation is 2. The molecule has 1 aromatic heterocycles. The molecule has 0 unspecified atom stereocenters. The van der Waals surface area contributed by atoms with Crippen molar-refractivity contribution in [1.29, 1.82) is 0 Å². The van der Waals surface area contributed by atoms with E-state index in [1.54, 1.807) is 23.1 Å². The van der Waals surface area contributed by atoms with Gasteiger partial charge in [-0.25, -0.2) is 4.98 Å². The Morgan fingerprint density at radius 2 is 1.46 bits per heavy atom. The van der Waals surface area contributed by atoms with Crippen LogP contribution in [0.15, 0.2) is 71.2 Å². The first kappa shape index (κ1) is 16.9. The molecule has 0 saturated carbocycles. The van der Waals surface area contributed by atoms with Crippen molar-refractivity contribution in [1.82, 2.24) is 4.98 Å². The number of thiazole rings is 1. The Hall–Kier alpha value is -1.91. The maximum absolute atomic E-state index is 4.75. The lowest BCUT2D eigenvalue weighted by Crippen LogP contribution is -2.25. The van der Waals surface area contributed by atoms with E-state index in [-0.39, 0.29) is 5.54 Å². The Kier molecular flexibility index (Phi) is 5.48. The fraction of sp³-hybridized carbons (Fsp3) is 0.200. The van der Waals surface area contributed by atoms with Crippen molar-refractivity contribution >= 4 is 28.6 Å². The zero-order valence-electron chi connectivity index (χ0n) is 13.8. The molecule has 0 saturated heterocycles. The van der Waals surface area contributed by atoms with Gasteiger partial charge in [-0.15, -0.1) is 23.1 Å². The molecule has 0 N–H and O–H groups in total. The van der Waals surface area contributed by atoms with Crippen molar-refractivity contribution < 1.29 is 0 Å². The van der Waals surface area contributed by atoms with Crippen LogP contribution in [0.3, 0.4) is 0 Å². The Morgan fingerprint density at radius 3 is 1.79 bits per heavy atom. The largest absolute Gasteiger partial charge is 0.269 e. The summed E-state index contributed by atoms with van der Waals surface area (Å²) in [6, 6.07) is 21.1. The number of aromatic nitrogens is 1. The molecule has 0 amide bonds. The van der Waals surface area contributed by atoms with E-state index < -0.39 is 0 Å². The van der Waals surface area contributed by atoms with Crippen LogP contribution in [-0.2, 0) is 5.54 Å². The third-order valence-electron chi connectivity index (χ3n) is 4.13. The summed E-state index contributed by atoms with van der Waals surface area (Å²) in [5.41, 5.74) is 7.35. The summed E-state index contributed by atoms with van der Waals surface area (Å²) < 4.78 is 0. The summed E-state index contributed by atoms with van der Waals surface area (Å²) in [7, 11) is 0. The lowest BCUT2D eigenvalue weighted by atomic mass is 9.85. The van der Waals surface area contributed by atoms with Gasteiger partial charge >= 0.3 is 0 Å². The molecule has 1 aliphatic heterocycles. The highest BCUT2D eigenvalue weighted by Gasteiger charge is 2.35. The molecule has 24 heavy (non-hydrogen) atoms. The summed E-state index contributed by atoms with van der Waals surface area (Å²) in [5.74, 6) is 0.987. The third kappa shape index (κ3) is 3.60. The van der Waals surface area contributed by atoms with Gasteiger partial charge in [-0.3, -0.25) is 4.99 Å². The van der Waals surface area contributed by atoms with Crippen LogP contribution < -0.4 is 0 Å². The summed E-state index contributed by atoms with van der Waals surface area (Å²) in [4.78, 5) is 10.1. The minimum Gasteiger partial charge on any atom is -0.269 e.